The Hall–Kier alpha value is -1.14. The van der Waals surface area contributed by atoms with Gasteiger partial charge in [-0.15, -0.1) is 35.3 Å². The summed E-state index contributed by atoms with van der Waals surface area (Å²) in [5.74, 6) is 1.99. The molecule has 3 rings (SSSR count). The Balaban J connectivity index is 0.00000341. The summed E-state index contributed by atoms with van der Waals surface area (Å²) in [6.07, 6.45) is 0.231. The lowest BCUT2D eigenvalue weighted by atomic mass is 10.0. The molecule has 1 aliphatic heterocycles. The first kappa shape index (κ1) is 26.1. The third-order valence-electron chi connectivity index (χ3n) is 5.21. The summed E-state index contributed by atoms with van der Waals surface area (Å²) in [4.78, 5) is 8.42. The molecule has 1 saturated heterocycles. The highest BCUT2D eigenvalue weighted by molar-refractivity contribution is 14.0. The Morgan fingerprint density at radius 3 is 2.81 bits per heavy atom. The highest BCUT2D eigenvalue weighted by atomic mass is 127. The van der Waals surface area contributed by atoms with Crippen molar-refractivity contribution < 1.29 is 14.3 Å². The first-order valence-electron chi connectivity index (χ1n) is 10.6. The minimum Gasteiger partial charge on any atom is -0.463 e. The van der Waals surface area contributed by atoms with Crippen molar-refractivity contribution in [2.45, 2.75) is 45.4 Å². The molecule has 1 fully saturated rings. The van der Waals surface area contributed by atoms with Gasteiger partial charge in [-0.25, -0.2) is 4.99 Å². The van der Waals surface area contributed by atoms with E-state index in [0.717, 1.165) is 38.5 Å². The highest BCUT2D eigenvalue weighted by Gasteiger charge is 2.28. The van der Waals surface area contributed by atoms with Gasteiger partial charge in [0.15, 0.2) is 5.96 Å². The Bertz CT molecular complexity index is 810. The molecule has 0 amide bonds. The Labute approximate surface area is 206 Å². The highest BCUT2D eigenvalue weighted by Crippen LogP contribution is 2.27. The van der Waals surface area contributed by atoms with Crippen LogP contribution in [-0.2, 0) is 10.3 Å². The van der Waals surface area contributed by atoms with Gasteiger partial charge in [-0.2, -0.15) is 0 Å². The van der Waals surface area contributed by atoms with Crippen LogP contribution < -0.4 is 10.6 Å². The summed E-state index contributed by atoms with van der Waals surface area (Å²) in [6, 6.07) is 8.18. The molecule has 0 aromatic carbocycles. The number of hydrogen-bond acceptors (Lipinski definition) is 6. The number of hydrogen-bond donors (Lipinski definition) is 3. The lowest BCUT2D eigenvalue weighted by molar-refractivity contribution is -0.0334. The average Bonchev–Trinajstić information content (AvgIpc) is 3.39. The van der Waals surface area contributed by atoms with E-state index in [2.05, 4.69) is 45.0 Å². The van der Waals surface area contributed by atoms with Crippen molar-refractivity contribution in [3.8, 4) is 0 Å². The van der Waals surface area contributed by atoms with Crippen LogP contribution in [0, 0.1) is 6.92 Å². The molecule has 0 radical (unpaired) electrons. The smallest absolute Gasteiger partial charge is 0.191 e. The number of thiophene rings is 1. The number of aliphatic imine (C=N–C) groups is 1. The van der Waals surface area contributed by atoms with Crippen molar-refractivity contribution in [1.29, 1.82) is 0 Å². The van der Waals surface area contributed by atoms with Crippen LogP contribution in [-0.4, -0.2) is 61.4 Å². The van der Waals surface area contributed by atoms with E-state index >= 15 is 0 Å². The zero-order chi connectivity index (χ0) is 21.6. The maximum absolute atomic E-state index is 10.8. The molecule has 31 heavy (non-hydrogen) atoms. The number of nitrogens with zero attached hydrogens (tertiary/aromatic N) is 2. The van der Waals surface area contributed by atoms with Crippen molar-refractivity contribution >= 4 is 41.3 Å². The molecule has 3 unspecified atom stereocenters. The topological polar surface area (TPSA) is 82.3 Å². The maximum Gasteiger partial charge on any atom is 0.191 e. The normalized spacial score (nSPS) is 20.5. The molecule has 174 valence electrons. The van der Waals surface area contributed by atoms with Gasteiger partial charge in [0.25, 0.3) is 0 Å². The van der Waals surface area contributed by atoms with Crippen molar-refractivity contribution in [2.75, 3.05) is 39.3 Å². The fraction of sp³-hybridized carbons (Fsp3) is 0.591. The number of rotatable bonds is 8. The van der Waals surface area contributed by atoms with Crippen LogP contribution in [0.4, 0.5) is 0 Å². The Morgan fingerprint density at radius 2 is 2.19 bits per heavy atom. The van der Waals surface area contributed by atoms with E-state index in [-0.39, 0.29) is 42.7 Å². The molecule has 0 bridgehead atoms. The second-order valence-corrected chi connectivity index (χ2v) is 8.95. The number of guanidine groups is 1. The number of nitrogens with one attached hydrogen (secondary N) is 2. The molecular formula is C22H35IN4O3S. The predicted octanol–water partition coefficient (Wildman–Crippen LogP) is 3.49. The first-order valence-corrected chi connectivity index (χ1v) is 11.5. The van der Waals surface area contributed by atoms with Gasteiger partial charge in [0.1, 0.15) is 17.1 Å². The fourth-order valence-corrected chi connectivity index (χ4v) is 4.45. The van der Waals surface area contributed by atoms with E-state index in [1.165, 1.54) is 4.88 Å². The summed E-state index contributed by atoms with van der Waals surface area (Å²) >= 11 is 1.77. The third-order valence-corrected chi connectivity index (χ3v) is 6.18. The van der Waals surface area contributed by atoms with E-state index < -0.39 is 5.60 Å². The SMILES string of the molecule is CCNC(=NCC(C)(O)c1ccc(C)o1)NCC(c1cccs1)N1CCOC(C)C1.I. The quantitative estimate of drug-likeness (QED) is 0.260. The van der Waals surface area contributed by atoms with Crippen molar-refractivity contribution in [2.24, 2.45) is 4.99 Å². The Kier molecular flexibility index (Phi) is 10.3. The van der Waals surface area contributed by atoms with Crippen LogP contribution >= 0.6 is 35.3 Å². The number of aliphatic hydroxyl groups is 1. The first-order chi connectivity index (χ1) is 14.4. The molecule has 3 heterocycles. The van der Waals surface area contributed by atoms with Crippen LogP contribution in [0.25, 0.3) is 0 Å². The van der Waals surface area contributed by atoms with Crippen LogP contribution in [0.15, 0.2) is 39.1 Å². The van der Waals surface area contributed by atoms with Crippen molar-refractivity contribution in [3.63, 3.8) is 0 Å². The van der Waals surface area contributed by atoms with Crippen LogP contribution in [0.5, 0.6) is 0 Å². The van der Waals surface area contributed by atoms with E-state index in [1.54, 1.807) is 24.3 Å². The third kappa shape index (κ3) is 7.45. The molecule has 7 nitrogen and oxygen atoms in total. The fourth-order valence-electron chi connectivity index (χ4n) is 3.59. The molecule has 0 saturated carbocycles. The number of furan rings is 1. The summed E-state index contributed by atoms with van der Waals surface area (Å²) in [7, 11) is 0. The zero-order valence-electron chi connectivity index (χ0n) is 18.8. The standard InChI is InChI=1S/C22H34N4O3S.HI/c1-5-23-21(25-15-22(4,27)20-9-8-16(2)29-20)24-13-18(19-7-6-12-30-19)26-10-11-28-17(3)14-26;/h6-9,12,17-18,27H,5,10-11,13-15H2,1-4H3,(H2,23,24,25);1H. The average molecular weight is 563 g/mol. The minimum atomic E-state index is -1.16. The van der Waals surface area contributed by atoms with E-state index in [1.807, 2.05) is 19.9 Å². The van der Waals surface area contributed by atoms with E-state index in [4.69, 9.17) is 9.15 Å². The molecule has 3 atom stereocenters. The van der Waals surface area contributed by atoms with Gasteiger partial charge < -0.3 is 24.9 Å². The predicted molar refractivity (Wildman–Crippen MR) is 136 cm³/mol. The molecule has 0 aliphatic carbocycles. The monoisotopic (exact) mass is 562 g/mol. The summed E-state index contributed by atoms with van der Waals surface area (Å²) in [5.41, 5.74) is -1.16. The Morgan fingerprint density at radius 1 is 1.39 bits per heavy atom. The van der Waals surface area contributed by atoms with Gasteiger partial charge in [0, 0.05) is 31.1 Å². The molecule has 0 spiro atoms. The number of halogens is 1. The summed E-state index contributed by atoms with van der Waals surface area (Å²) in [5, 5.41) is 19.7. The maximum atomic E-state index is 10.8. The van der Waals surface area contributed by atoms with Gasteiger partial charge in [-0.1, -0.05) is 6.07 Å². The van der Waals surface area contributed by atoms with Crippen LogP contribution in [0.1, 0.15) is 43.2 Å². The van der Waals surface area contributed by atoms with Crippen LogP contribution in [0.3, 0.4) is 0 Å². The molecule has 1 aliphatic rings. The molecule has 2 aromatic rings. The number of aryl methyl sites for hydroxylation is 1. The van der Waals surface area contributed by atoms with Crippen molar-refractivity contribution in [3.05, 3.63) is 46.0 Å². The molecule has 2 aromatic heterocycles. The van der Waals surface area contributed by atoms with Crippen LogP contribution in [0.2, 0.25) is 0 Å². The van der Waals surface area contributed by atoms with Gasteiger partial charge in [-0.3, -0.25) is 4.90 Å². The molecule has 3 N–H and O–H groups in total. The zero-order valence-corrected chi connectivity index (χ0v) is 21.9. The van der Waals surface area contributed by atoms with Gasteiger partial charge in [-0.05, 0) is 51.3 Å². The lowest BCUT2D eigenvalue weighted by Gasteiger charge is -2.37. The number of ether oxygens (including phenoxy) is 1. The van der Waals surface area contributed by atoms with Gasteiger partial charge in [0.05, 0.1) is 25.3 Å². The summed E-state index contributed by atoms with van der Waals surface area (Å²) in [6.45, 7) is 12.0. The van der Waals surface area contributed by atoms with Gasteiger partial charge in [0.2, 0.25) is 0 Å². The number of morpholine rings is 1. The molecular weight excluding hydrogens is 527 g/mol. The minimum absolute atomic E-state index is 0. The van der Waals surface area contributed by atoms with E-state index in [9.17, 15) is 5.11 Å². The lowest BCUT2D eigenvalue weighted by Crippen LogP contribution is -2.48. The second-order valence-electron chi connectivity index (χ2n) is 7.97. The second kappa shape index (κ2) is 12.2. The van der Waals surface area contributed by atoms with E-state index in [0.29, 0.717) is 11.7 Å². The summed E-state index contributed by atoms with van der Waals surface area (Å²) < 4.78 is 11.3. The molecule has 9 heteroatoms. The van der Waals surface area contributed by atoms with Gasteiger partial charge >= 0.3 is 0 Å². The van der Waals surface area contributed by atoms with Crippen molar-refractivity contribution in [1.82, 2.24) is 15.5 Å². The largest absolute Gasteiger partial charge is 0.463 e.